The van der Waals surface area contributed by atoms with Crippen molar-refractivity contribution in [2.75, 3.05) is 11.4 Å². The highest BCUT2D eigenvalue weighted by atomic mass is 127. The summed E-state index contributed by atoms with van der Waals surface area (Å²) in [7, 11) is 0. The van der Waals surface area contributed by atoms with Gasteiger partial charge in [-0.1, -0.05) is 0 Å². The third-order valence-electron chi connectivity index (χ3n) is 1.95. The predicted octanol–water partition coefficient (Wildman–Crippen LogP) is 0.179. The van der Waals surface area contributed by atoms with Crippen LogP contribution in [0.5, 0.6) is 0 Å². The van der Waals surface area contributed by atoms with Crippen LogP contribution in [0.2, 0.25) is 0 Å². The topological polar surface area (TPSA) is 66.3 Å². The minimum atomic E-state index is -0.592. The van der Waals surface area contributed by atoms with Gasteiger partial charge in [-0.3, -0.25) is 9.69 Å². The Morgan fingerprint density at radius 2 is 2.14 bits per heavy atom. The minimum absolute atomic E-state index is 0.126. The Labute approximate surface area is 94.3 Å². The third-order valence-corrected chi connectivity index (χ3v) is 2.51. The number of carbonyl (C=O) groups excluding carboxylic acids is 1. The van der Waals surface area contributed by atoms with Crippen LogP contribution in [0.4, 0.5) is 5.95 Å². The number of halogens is 1. The number of aromatic nitrogens is 2. The van der Waals surface area contributed by atoms with Crippen molar-refractivity contribution >= 4 is 34.4 Å². The summed E-state index contributed by atoms with van der Waals surface area (Å²) in [6.07, 6.45) is 2.85. The molecule has 0 bridgehead atoms. The van der Waals surface area contributed by atoms with Gasteiger partial charge in [-0.2, -0.15) is 0 Å². The molecular formula is C8H8IN3O2. The molecule has 14 heavy (non-hydrogen) atoms. The van der Waals surface area contributed by atoms with Crippen molar-refractivity contribution < 1.29 is 9.90 Å². The molecule has 2 heterocycles. The molecule has 0 aliphatic carbocycles. The van der Waals surface area contributed by atoms with Crippen molar-refractivity contribution in [3.8, 4) is 0 Å². The molecule has 2 rings (SSSR count). The van der Waals surface area contributed by atoms with Crippen molar-refractivity contribution in [3.05, 3.63) is 16.0 Å². The largest absolute Gasteiger partial charge is 0.391 e. The summed E-state index contributed by atoms with van der Waals surface area (Å²) in [6.45, 7) is 0.291. The molecule has 1 aliphatic rings. The Bertz CT molecular complexity index is 354. The van der Waals surface area contributed by atoms with Crippen LogP contribution in [0.15, 0.2) is 12.4 Å². The van der Waals surface area contributed by atoms with E-state index in [1.54, 1.807) is 12.4 Å². The molecule has 1 N–H and O–H groups in total. The molecule has 0 saturated carbocycles. The third kappa shape index (κ3) is 1.85. The van der Waals surface area contributed by atoms with Gasteiger partial charge < -0.3 is 5.11 Å². The monoisotopic (exact) mass is 305 g/mol. The lowest BCUT2D eigenvalue weighted by Crippen LogP contribution is -2.27. The van der Waals surface area contributed by atoms with Crippen LogP contribution >= 0.6 is 22.6 Å². The van der Waals surface area contributed by atoms with Gasteiger partial charge in [0.1, 0.15) is 0 Å². The Morgan fingerprint density at radius 3 is 2.64 bits per heavy atom. The summed E-state index contributed by atoms with van der Waals surface area (Å²) in [5.74, 6) is 0.241. The summed E-state index contributed by atoms with van der Waals surface area (Å²) in [5.41, 5.74) is 0. The molecule has 5 nitrogen and oxygen atoms in total. The molecule has 1 aromatic rings. The van der Waals surface area contributed by atoms with Gasteiger partial charge in [0, 0.05) is 16.0 Å². The van der Waals surface area contributed by atoms with E-state index in [4.69, 9.17) is 0 Å². The van der Waals surface area contributed by atoms with Crippen LogP contribution in [0.25, 0.3) is 0 Å². The second-order valence-corrected chi connectivity index (χ2v) is 4.31. The minimum Gasteiger partial charge on any atom is -0.391 e. The van der Waals surface area contributed by atoms with Gasteiger partial charge in [0.15, 0.2) is 0 Å². The quantitative estimate of drug-likeness (QED) is 0.752. The first-order chi connectivity index (χ1) is 6.66. The van der Waals surface area contributed by atoms with Gasteiger partial charge in [0.25, 0.3) is 0 Å². The number of rotatable bonds is 1. The Hall–Kier alpha value is -0.760. The summed E-state index contributed by atoms with van der Waals surface area (Å²) >= 11 is 2.09. The summed E-state index contributed by atoms with van der Waals surface area (Å²) in [4.78, 5) is 20.8. The molecule has 1 fully saturated rings. The van der Waals surface area contributed by atoms with E-state index in [0.717, 1.165) is 3.57 Å². The molecule has 6 heteroatoms. The molecule has 74 valence electrons. The molecule has 1 aliphatic heterocycles. The second kappa shape index (κ2) is 3.77. The smallest absolute Gasteiger partial charge is 0.232 e. The SMILES string of the molecule is O=C1CC(O)CN1c1ncc(I)cn1. The molecule has 0 spiro atoms. The van der Waals surface area contributed by atoms with Crippen molar-refractivity contribution in [3.63, 3.8) is 0 Å². The average Bonchev–Trinajstić information content (AvgIpc) is 2.47. The summed E-state index contributed by atoms with van der Waals surface area (Å²) in [6, 6.07) is 0. The number of β-amino-alcohol motifs (C(OH)–C–C–N with tert-alkyl or cyclic N) is 1. The molecule has 1 saturated heterocycles. The predicted molar refractivity (Wildman–Crippen MR) is 57.7 cm³/mol. The van der Waals surface area contributed by atoms with Gasteiger partial charge in [-0.25, -0.2) is 9.97 Å². The lowest BCUT2D eigenvalue weighted by molar-refractivity contribution is -0.117. The zero-order valence-corrected chi connectivity index (χ0v) is 9.38. The number of hydrogen-bond donors (Lipinski definition) is 1. The molecule has 0 aromatic carbocycles. The van der Waals surface area contributed by atoms with E-state index in [-0.39, 0.29) is 12.3 Å². The lowest BCUT2D eigenvalue weighted by Gasteiger charge is -2.12. The highest BCUT2D eigenvalue weighted by molar-refractivity contribution is 14.1. The Morgan fingerprint density at radius 1 is 1.50 bits per heavy atom. The van der Waals surface area contributed by atoms with Crippen molar-refractivity contribution in [2.45, 2.75) is 12.5 Å². The number of amides is 1. The highest BCUT2D eigenvalue weighted by Crippen LogP contribution is 2.17. The molecule has 1 unspecified atom stereocenters. The van der Waals surface area contributed by atoms with Gasteiger partial charge in [0.05, 0.1) is 19.1 Å². The van der Waals surface area contributed by atoms with E-state index in [1.165, 1.54) is 4.90 Å². The van der Waals surface area contributed by atoms with E-state index in [1.807, 2.05) is 0 Å². The van der Waals surface area contributed by atoms with E-state index < -0.39 is 6.10 Å². The van der Waals surface area contributed by atoms with Gasteiger partial charge in [-0.05, 0) is 22.6 Å². The maximum absolute atomic E-state index is 11.4. The second-order valence-electron chi connectivity index (χ2n) is 3.06. The molecule has 1 atom stereocenters. The number of hydrogen-bond acceptors (Lipinski definition) is 4. The maximum Gasteiger partial charge on any atom is 0.232 e. The summed E-state index contributed by atoms with van der Waals surface area (Å²) < 4.78 is 0.915. The number of carbonyl (C=O) groups is 1. The van der Waals surface area contributed by atoms with E-state index in [9.17, 15) is 9.90 Å². The fourth-order valence-electron chi connectivity index (χ4n) is 1.33. The summed E-state index contributed by atoms with van der Waals surface area (Å²) in [5, 5.41) is 9.27. The van der Waals surface area contributed by atoms with E-state index in [0.29, 0.717) is 12.5 Å². The van der Waals surface area contributed by atoms with Crippen LogP contribution in [0.1, 0.15) is 6.42 Å². The van der Waals surface area contributed by atoms with Crippen molar-refractivity contribution in [1.29, 1.82) is 0 Å². The zero-order valence-electron chi connectivity index (χ0n) is 7.22. The Kier molecular flexibility index (Phi) is 2.64. The van der Waals surface area contributed by atoms with E-state index in [2.05, 4.69) is 32.6 Å². The van der Waals surface area contributed by atoms with Crippen LogP contribution in [-0.4, -0.2) is 33.6 Å². The fraction of sp³-hybridized carbons (Fsp3) is 0.375. The fourth-order valence-corrected chi connectivity index (χ4v) is 1.61. The maximum atomic E-state index is 11.4. The van der Waals surface area contributed by atoms with Crippen LogP contribution in [0.3, 0.4) is 0 Å². The molecule has 1 aromatic heterocycles. The first-order valence-electron chi connectivity index (χ1n) is 4.13. The first-order valence-corrected chi connectivity index (χ1v) is 5.20. The standard InChI is InChI=1S/C8H8IN3O2/c9-5-2-10-8(11-3-5)12-4-6(13)1-7(12)14/h2-3,6,13H,1,4H2. The number of nitrogens with zero attached hydrogens (tertiary/aromatic N) is 3. The number of aliphatic hydroxyl groups is 1. The molecular weight excluding hydrogens is 297 g/mol. The average molecular weight is 305 g/mol. The number of anilines is 1. The van der Waals surface area contributed by atoms with Gasteiger partial charge >= 0.3 is 0 Å². The zero-order chi connectivity index (χ0) is 10.1. The van der Waals surface area contributed by atoms with Crippen LogP contribution in [0, 0.1) is 3.57 Å². The first kappa shape index (κ1) is 9.78. The molecule has 1 amide bonds. The van der Waals surface area contributed by atoms with Crippen molar-refractivity contribution in [1.82, 2.24) is 9.97 Å². The lowest BCUT2D eigenvalue weighted by atomic mass is 10.3. The van der Waals surface area contributed by atoms with Crippen molar-refractivity contribution in [2.24, 2.45) is 0 Å². The van der Waals surface area contributed by atoms with Gasteiger partial charge in [0.2, 0.25) is 11.9 Å². The van der Waals surface area contributed by atoms with E-state index >= 15 is 0 Å². The normalized spacial score (nSPS) is 21.7. The van der Waals surface area contributed by atoms with Gasteiger partial charge in [-0.15, -0.1) is 0 Å². The number of aliphatic hydroxyl groups excluding tert-OH is 1. The van der Waals surface area contributed by atoms with Crippen LogP contribution in [-0.2, 0) is 4.79 Å². The highest BCUT2D eigenvalue weighted by Gasteiger charge is 2.30. The Balaban J connectivity index is 2.23. The molecule has 0 radical (unpaired) electrons. The van der Waals surface area contributed by atoms with Crippen LogP contribution < -0.4 is 4.90 Å².